The number of ether oxygens (including phenoxy) is 1. The van der Waals surface area contributed by atoms with E-state index in [2.05, 4.69) is 20.2 Å². The van der Waals surface area contributed by atoms with Crippen LogP contribution in [-0.4, -0.2) is 70.9 Å². The van der Waals surface area contributed by atoms with Crippen molar-refractivity contribution in [3.63, 3.8) is 0 Å². The van der Waals surface area contributed by atoms with E-state index >= 15 is 0 Å². The van der Waals surface area contributed by atoms with Crippen molar-refractivity contribution in [2.75, 3.05) is 48.7 Å². The number of Topliss-reactive ketones (excluding diaryl/α,β-unsaturated/α-hetero) is 1. The molecule has 0 unspecified atom stereocenters. The van der Waals surface area contributed by atoms with Gasteiger partial charge in [0.05, 0.1) is 16.5 Å². The number of ketones is 1. The molecule has 0 bridgehead atoms. The van der Waals surface area contributed by atoms with E-state index in [-0.39, 0.29) is 23.3 Å². The number of piperazine rings is 1. The summed E-state index contributed by atoms with van der Waals surface area (Å²) in [6, 6.07) is 6.70. The number of hydrogen-bond acceptors (Lipinski definition) is 9. The Morgan fingerprint density at radius 3 is 2.46 bits per heavy atom. The predicted molar refractivity (Wildman–Crippen MR) is 138 cm³/mol. The number of rotatable bonds is 4. The molecule has 0 atom stereocenters. The first-order chi connectivity index (χ1) is 16.7. The minimum absolute atomic E-state index is 0.0116. The number of nitrogens with one attached hydrogen (secondary N) is 1. The maximum atomic E-state index is 12.8. The molecule has 0 spiro atoms. The highest BCUT2D eigenvalue weighted by Gasteiger charge is 2.31. The predicted octanol–water partition coefficient (Wildman–Crippen LogP) is 3.39. The number of aliphatic imine (C=N–C) groups is 1. The van der Waals surface area contributed by atoms with Crippen molar-refractivity contribution < 1.29 is 14.3 Å². The zero-order valence-corrected chi connectivity index (χ0v) is 20.7. The van der Waals surface area contributed by atoms with Gasteiger partial charge in [0.2, 0.25) is 11.8 Å². The van der Waals surface area contributed by atoms with Crippen LogP contribution < -0.4 is 16.0 Å². The molecule has 3 aromatic rings. The molecule has 1 saturated heterocycles. The molecule has 11 heteroatoms. The third-order valence-electron chi connectivity index (χ3n) is 6.04. The molecule has 5 rings (SSSR count). The number of hydrogen-bond donors (Lipinski definition) is 2. The monoisotopic (exact) mass is 493 g/mol. The largest absolute Gasteiger partial charge is 0.475 e. The Kier molecular flexibility index (Phi) is 5.79. The fraction of sp³-hybridized carbons (Fsp3) is 0.375. The van der Waals surface area contributed by atoms with Crippen molar-refractivity contribution in [3.8, 4) is 0 Å². The first-order valence-corrected chi connectivity index (χ1v) is 12.3. The fourth-order valence-electron chi connectivity index (χ4n) is 4.16. The molecule has 4 heterocycles. The van der Waals surface area contributed by atoms with Crippen LogP contribution in [0.3, 0.4) is 0 Å². The van der Waals surface area contributed by atoms with Crippen LogP contribution in [0, 0.1) is 0 Å². The zero-order chi connectivity index (χ0) is 24.7. The van der Waals surface area contributed by atoms with Gasteiger partial charge in [-0.25, -0.2) is 14.8 Å². The number of carbonyl (C=O) groups excluding carboxylic acids is 2. The van der Waals surface area contributed by atoms with Gasteiger partial charge in [0, 0.05) is 42.8 Å². The molecule has 2 aliphatic rings. The van der Waals surface area contributed by atoms with E-state index in [1.807, 2.05) is 19.2 Å². The number of anilines is 3. The number of amides is 2. The molecular formula is C24H27N7O3S. The molecule has 1 aromatic carbocycles. The SMILES string of the molecule is CC(=O)c1ccc(NC(=O)N2CCN(c3nc(N)nc4scc(C5=NC(C)(C)CO5)c34)CC2)cc1. The van der Waals surface area contributed by atoms with Gasteiger partial charge in [0.1, 0.15) is 17.3 Å². The van der Waals surface area contributed by atoms with Crippen LogP contribution in [0.5, 0.6) is 0 Å². The lowest BCUT2D eigenvalue weighted by Gasteiger charge is -2.35. The first-order valence-electron chi connectivity index (χ1n) is 11.4. The van der Waals surface area contributed by atoms with Crippen molar-refractivity contribution in [1.29, 1.82) is 0 Å². The standard InChI is InChI=1S/C24H27N7O3S/c1-14(32)15-4-6-16(7-5-15)26-23(33)31-10-8-30(9-11-31)19-18-17(20-29-24(2,3)13-34-20)12-35-21(18)28-22(25)27-19/h4-7,12H,8-11,13H2,1-3H3,(H,26,33)(H2,25,27,28). The second-order valence-electron chi connectivity index (χ2n) is 9.29. The minimum atomic E-state index is -0.274. The number of benzene rings is 1. The minimum Gasteiger partial charge on any atom is -0.475 e. The summed E-state index contributed by atoms with van der Waals surface area (Å²) in [5.74, 6) is 1.54. The highest BCUT2D eigenvalue weighted by atomic mass is 32.1. The van der Waals surface area contributed by atoms with E-state index in [0.29, 0.717) is 49.9 Å². The summed E-state index contributed by atoms with van der Waals surface area (Å²) in [6.45, 7) is 8.33. The van der Waals surface area contributed by atoms with E-state index in [9.17, 15) is 9.59 Å². The fourth-order valence-corrected chi connectivity index (χ4v) is 5.07. The van der Waals surface area contributed by atoms with Crippen molar-refractivity contribution in [3.05, 3.63) is 40.8 Å². The molecule has 3 N–H and O–H groups in total. The van der Waals surface area contributed by atoms with Crippen LogP contribution in [0.15, 0.2) is 34.6 Å². The van der Waals surface area contributed by atoms with Gasteiger partial charge in [-0.3, -0.25) is 4.79 Å². The summed E-state index contributed by atoms with van der Waals surface area (Å²) >= 11 is 1.49. The molecular weight excluding hydrogens is 466 g/mol. The molecule has 182 valence electrons. The van der Waals surface area contributed by atoms with Gasteiger partial charge in [-0.05, 0) is 45.0 Å². The van der Waals surface area contributed by atoms with Gasteiger partial charge in [-0.2, -0.15) is 4.98 Å². The van der Waals surface area contributed by atoms with Gasteiger partial charge in [0.15, 0.2) is 5.78 Å². The molecule has 1 fully saturated rings. The molecule has 0 aliphatic carbocycles. The first kappa shape index (κ1) is 23.0. The topological polar surface area (TPSA) is 126 Å². The normalized spacial score (nSPS) is 17.3. The molecule has 0 saturated carbocycles. The summed E-state index contributed by atoms with van der Waals surface area (Å²) < 4.78 is 5.89. The van der Waals surface area contributed by atoms with Gasteiger partial charge in [-0.15, -0.1) is 11.3 Å². The average molecular weight is 494 g/mol. The highest BCUT2D eigenvalue weighted by molar-refractivity contribution is 7.17. The van der Waals surface area contributed by atoms with E-state index in [4.69, 9.17) is 15.5 Å². The van der Waals surface area contributed by atoms with Crippen LogP contribution in [0.2, 0.25) is 0 Å². The Balaban J connectivity index is 1.32. The maximum absolute atomic E-state index is 12.8. The van der Waals surface area contributed by atoms with Crippen molar-refractivity contribution >= 4 is 56.7 Å². The molecule has 35 heavy (non-hydrogen) atoms. The average Bonchev–Trinajstić information content (AvgIpc) is 3.41. The molecule has 10 nitrogen and oxygen atoms in total. The molecule has 2 aliphatic heterocycles. The van der Waals surface area contributed by atoms with Crippen LogP contribution in [0.4, 0.5) is 22.2 Å². The second kappa shape index (κ2) is 8.81. The summed E-state index contributed by atoms with van der Waals surface area (Å²) in [4.78, 5) is 42.6. The number of fused-ring (bicyclic) bond motifs is 1. The van der Waals surface area contributed by atoms with E-state index in [1.54, 1.807) is 29.2 Å². The number of nitrogens with two attached hydrogens (primary N) is 1. The Bertz CT molecular complexity index is 1320. The van der Waals surface area contributed by atoms with Crippen LogP contribution >= 0.6 is 11.3 Å². The van der Waals surface area contributed by atoms with Crippen molar-refractivity contribution in [2.24, 2.45) is 4.99 Å². The molecule has 0 radical (unpaired) electrons. The van der Waals surface area contributed by atoms with Gasteiger partial charge in [0.25, 0.3) is 0 Å². The van der Waals surface area contributed by atoms with Gasteiger partial charge in [-0.1, -0.05) is 0 Å². The van der Waals surface area contributed by atoms with E-state index < -0.39 is 0 Å². The lowest BCUT2D eigenvalue weighted by Crippen LogP contribution is -2.50. The van der Waals surface area contributed by atoms with Crippen LogP contribution in [-0.2, 0) is 4.74 Å². The lowest BCUT2D eigenvalue weighted by atomic mass is 10.1. The summed E-state index contributed by atoms with van der Waals surface area (Å²) in [5.41, 5.74) is 7.89. The molecule has 2 aromatic heterocycles. The Morgan fingerprint density at radius 1 is 1.11 bits per heavy atom. The van der Waals surface area contributed by atoms with Crippen LogP contribution in [0.1, 0.15) is 36.7 Å². The third-order valence-corrected chi connectivity index (χ3v) is 6.91. The number of nitrogens with zero attached hydrogens (tertiary/aromatic N) is 5. The van der Waals surface area contributed by atoms with E-state index in [0.717, 1.165) is 21.6 Å². The highest BCUT2D eigenvalue weighted by Crippen LogP contribution is 2.35. The second-order valence-corrected chi connectivity index (χ2v) is 10.1. The number of thiophene rings is 1. The molecule has 2 amide bonds. The van der Waals surface area contributed by atoms with Crippen molar-refractivity contribution in [2.45, 2.75) is 26.3 Å². The Morgan fingerprint density at radius 2 is 1.83 bits per heavy atom. The third kappa shape index (κ3) is 4.63. The Labute approximate surface area is 206 Å². The lowest BCUT2D eigenvalue weighted by molar-refractivity contribution is 0.101. The van der Waals surface area contributed by atoms with Gasteiger partial charge < -0.3 is 25.6 Å². The van der Waals surface area contributed by atoms with Crippen molar-refractivity contribution in [1.82, 2.24) is 14.9 Å². The summed E-state index contributed by atoms with van der Waals surface area (Å²) in [7, 11) is 0. The van der Waals surface area contributed by atoms with E-state index in [1.165, 1.54) is 18.3 Å². The number of urea groups is 1. The smallest absolute Gasteiger partial charge is 0.321 e. The number of aromatic nitrogens is 2. The summed E-state index contributed by atoms with van der Waals surface area (Å²) in [6.07, 6.45) is 0. The summed E-state index contributed by atoms with van der Waals surface area (Å²) in [5, 5.41) is 5.77. The number of carbonyl (C=O) groups is 2. The quantitative estimate of drug-likeness (QED) is 0.534. The van der Waals surface area contributed by atoms with Crippen LogP contribution in [0.25, 0.3) is 10.2 Å². The Hall–Kier alpha value is -3.73. The maximum Gasteiger partial charge on any atom is 0.321 e. The zero-order valence-electron chi connectivity index (χ0n) is 19.9. The van der Waals surface area contributed by atoms with Gasteiger partial charge >= 0.3 is 6.03 Å². The number of nitrogen functional groups attached to an aromatic ring is 1.